The van der Waals surface area contributed by atoms with E-state index in [0.29, 0.717) is 17.6 Å². The molecule has 1 aromatic carbocycles. The minimum atomic E-state index is -4.31. The molecule has 0 aromatic heterocycles. The first-order valence-corrected chi connectivity index (χ1v) is 6.70. The fourth-order valence-corrected chi connectivity index (χ4v) is 1.76. The molecule has 0 spiro atoms. The second-order valence-corrected chi connectivity index (χ2v) is 4.81. The molecule has 1 aliphatic rings. The zero-order valence-corrected chi connectivity index (χ0v) is 11.3. The van der Waals surface area contributed by atoms with E-state index in [1.54, 1.807) is 6.07 Å². The SMILES string of the molecule is CCNC(=NCc1cccc(C(F)(F)F)c1)NC1CC1. The van der Waals surface area contributed by atoms with Crippen molar-refractivity contribution < 1.29 is 13.2 Å². The molecular formula is C14H18F3N3. The molecule has 6 heteroatoms. The second kappa shape index (κ2) is 6.15. The van der Waals surface area contributed by atoms with Crippen LogP contribution >= 0.6 is 0 Å². The van der Waals surface area contributed by atoms with Gasteiger partial charge >= 0.3 is 6.18 Å². The van der Waals surface area contributed by atoms with E-state index in [4.69, 9.17) is 0 Å². The molecule has 0 heterocycles. The van der Waals surface area contributed by atoms with E-state index in [1.165, 1.54) is 6.07 Å². The molecule has 1 saturated carbocycles. The average Bonchev–Trinajstić information content (AvgIpc) is 3.20. The molecule has 1 aliphatic carbocycles. The molecule has 0 bridgehead atoms. The summed E-state index contributed by atoms with van der Waals surface area (Å²) >= 11 is 0. The number of halogens is 3. The van der Waals surface area contributed by atoms with E-state index < -0.39 is 11.7 Å². The number of aliphatic imine (C=N–C) groups is 1. The monoisotopic (exact) mass is 285 g/mol. The summed E-state index contributed by atoms with van der Waals surface area (Å²) in [5, 5.41) is 6.31. The van der Waals surface area contributed by atoms with Crippen LogP contribution in [-0.4, -0.2) is 18.5 Å². The van der Waals surface area contributed by atoms with Crippen LogP contribution in [0, 0.1) is 0 Å². The largest absolute Gasteiger partial charge is 0.416 e. The number of nitrogens with one attached hydrogen (secondary N) is 2. The first-order valence-electron chi connectivity index (χ1n) is 6.70. The van der Waals surface area contributed by atoms with Crippen LogP contribution in [0.25, 0.3) is 0 Å². The lowest BCUT2D eigenvalue weighted by Crippen LogP contribution is -2.38. The van der Waals surface area contributed by atoms with Crippen LogP contribution in [0.3, 0.4) is 0 Å². The van der Waals surface area contributed by atoms with Gasteiger partial charge < -0.3 is 10.6 Å². The summed E-state index contributed by atoms with van der Waals surface area (Å²) in [6.45, 7) is 2.90. The Morgan fingerprint density at radius 1 is 1.35 bits per heavy atom. The van der Waals surface area contributed by atoms with Crippen molar-refractivity contribution in [3.63, 3.8) is 0 Å². The summed E-state index contributed by atoms with van der Waals surface area (Å²) in [6, 6.07) is 5.73. The molecule has 1 aromatic rings. The van der Waals surface area contributed by atoms with Crippen molar-refractivity contribution in [2.45, 2.75) is 38.5 Å². The first-order chi connectivity index (χ1) is 9.49. The molecule has 0 unspecified atom stereocenters. The maximum atomic E-state index is 12.6. The summed E-state index contributed by atoms with van der Waals surface area (Å²) in [5.74, 6) is 0.660. The summed E-state index contributed by atoms with van der Waals surface area (Å²) in [4.78, 5) is 4.31. The fraction of sp³-hybridized carbons (Fsp3) is 0.500. The number of nitrogens with zero attached hydrogens (tertiary/aromatic N) is 1. The minimum Gasteiger partial charge on any atom is -0.357 e. The van der Waals surface area contributed by atoms with Crippen LogP contribution in [0.15, 0.2) is 29.3 Å². The third-order valence-corrected chi connectivity index (χ3v) is 2.94. The van der Waals surface area contributed by atoms with Gasteiger partial charge in [-0.05, 0) is 37.5 Å². The Bertz CT molecular complexity index is 479. The summed E-state index contributed by atoms with van der Waals surface area (Å²) in [5.41, 5.74) is -0.0850. The van der Waals surface area contributed by atoms with E-state index in [-0.39, 0.29) is 6.54 Å². The molecule has 2 rings (SSSR count). The van der Waals surface area contributed by atoms with Crippen LogP contribution < -0.4 is 10.6 Å². The molecular weight excluding hydrogens is 267 g/mol. The van der Waals surface area contributed by atoms with Gasteiger partial charge in [0.05, 0.1) is 12.1 Å². The predicted molar refractivity (Wildman–Crippen MR) is 72.4 cm³/mol. The van der Waals surface area contributed by atoms with E-state index in [2.05, 4.69) is 15.6 Å². The Morgan fingerprint density at radius 2 is 2.10 bits per heavy atom. The smallest absolute Gasteiger partial charge is 0.357 e. The lowest BCUT2D eigenvalue weighted by atomic mass is 10.1. The average molecular weight is 285 g/mol. The molecule has 0 atom stereocenters. The van der Waals surface area contributed by atoms with Crippen molar-refractivity contribution in [2.75, 3.05) is 6.54 Å². The maximum Gasteiger partial charge on any atom is 0.416 e. The van der Waals surface area contributed by atoms with Crippen LogP contribution in [0.5, 0.6) is 0 Å². The van der Waals surface area contributed by atoms with E-state index >= 15 is 0 Å². The summed E-state index contributed by atoms with van der Waals surface area (Å²) < 4.78 is 37.8. The quantitative estimate of drug-likeness (QED) is 0.659. The normalized spacial score (nSPS) is 16.1. The molecule has 3 nitrogen and oxygen atoms in total. The fourth-order valence-electron chi connectivity index (χ4n) is 1.76. The van der Waals surface area contributed by atoms with Gasteiger partial charge in [-0.25, -0.2) is 4.99 Å². The highest BCUT2D eigenvalue weighted by Gasteiger charge is 2.30. The highest BCUT2D eigenvalue weighted by molar-refractivity contribution is 5.80. The van der Waals surface area contributed by atoms with Gasteiger partial charge in [0.2, 0.25) is 0 Å². The number of guanidine groups is 1. The van der Waals surface area contributed by atoms with Gasteiger partial charge in [0.25, 0.3) is 0 Å². The third kappa shape index (κ3) is 4.43. The molecule has 0 radical (unpaired) electrons. The van der Waals surface area contributed by atoms with Gasteiger partial charge in [0, 0.05) is 12.6 Å². The second-order valence-electron chi connectivity index (χ2n) is 4.81. The molecule has 110 valence electrons. The van der Waals surface area contributed by atoms with E-state index in [9.17, 15) is 13.2 Å². The number of alkyl halides is 3. The molecule has 20 heavy (non-hydrogen) atoms. The van der Waals surface area contributed by atoms with Gasteiger partial charge in [0.15, 0.2) is 5.96 Å². The van der Waals surface area contributed by atoms with Crippen molar-refractivity contribution in [1.29, 1.82) is 0 Å². The molecule has 2 N–H and O–H groups in total. The lowest BCUT2D eigenvalue weighted by molar-refractivity contribution is -0.137. The molecule has 0 amide bonds. The number of hydrogen-bond donors (Lipinski definition) is 2. The van der Waals surface area contributed by atoms with Gasteiger partial charge in [-0.1, -0.05) is 12.1 Å². The summed E-state index contributed by atoms with van der Waals surface area (Å²) in [7, 11) is 0. The Balaban J connectivity index is 2.03. The van der Waals surface area contributed by atoms with Crippen molar-refractivity contribution >= 4 is 5.96 Å². The maximum absolute atomic E-state index is 12.6. The topological polar surface area (TPSA) is 36.4 Å². The van der Waals surface area contributed by atoms with Crippen LogP contribution in [0.1, 0.15) is 30.9 Å². The van der Waals surface area contributed by atoms with Crippen LogP contribution in [0.4, 0.5) is 13.2 Å². The number of rotatable bonds is 4. The predicted octanol–water partition coefficient (Wildman–Crippen LogP) is 2.92. The van der Waals surface area contributed by atoms with Gasteiger partial charge in [-0.3, -0.25) is 0 Å². The standard InChI is InChI=1S/C14H18F3N3/c1-2-18-13(20-12-6-7-12)19-9-10-4-3-5-11(8-10)14(15,16)17/h3-5,8,12H,2,6-7,9H2,1H3,(H2,18,19,20). The molecule has 0 aliphatic heterocycles. The lowest BCUT2D eigenvalue weighted by Gasteiger charge is -2.11. The zero-order chi connectivity index (χ0) is 14.6. The van der Waals surface area contributed by atoms with Gasteiger partial charge in [0.1, 0.15) is 0 Å². The summed E-state index contributed by atoms with van der Waals surface area (Å²) in [6.07, 6.45) is -2.07. The Labute approximate surface area is 116 Å². The molecule has 1 fully saturated rings. The Hall–Kier alpha value is -1.72. The van der Waals surface area contributed by atoms with Crippen LogP contribution in [-0.2, 0) is 12.7 Å². The molecule has 0 saturated heterocycles. The Kier molecular flexibility index (Phi) is 4.52. The van der Waals surface area contributed by atoms with Crippen molar-refractivity contribution in [3.05, 3.63) is 35.4 Å². The number of hydrogen-bond acceptors (Lipinski definition) is 1. The van der Waals surface area contributed by atoms with E-state index in [0.717, 1.165) is 31.5 Å². The van der Waals surface area contributed by atoms with Gasteiger partial charge in [-0.15, -0.1) is 0 Å². The highest BCUT2D eigenvalue weighted by Crippen LogP contribution is 2.29. The minimum absolute atomic E-state index is 0.228. The van der Waals surface area contributed by atoms with Crippen LogP contribution in [0.2, 0.25) is 0 Å². The van der Waals surface area contributed by atoms with Gasteiger partial charge in [-0.2, -0.15) is 13.2 Å². The Morgan fingerprint density at radius 3 is 2.70 bits per heavy atom. The van der Waals surface area contributed by atoms with Crippen molar-refractivity contribution in [2.24, 2.45) is 4.99 Å². The third-order valence-electron chi connectivity index (χ3n) is 2.94. The highest BCUT2D eigenvalue weighted by atomic mass is 19.4. The van der Waals surface area contributed by atoms with Crippen molar-refractivity contribution in [1.82, 2.24) is 10.6 Å². The zero-order valence-electron chi connectivity index (χ0n) is 11.3. The number of benzene rings is 1. The first kappa shape index (κ1) is 14.7. The van der Waals surface area contributed by atoms with E-state index in [1.807, 2.05) is 6.92 Å². The van der Waals surface area contributed by atoms with Crippen molar-refractivity contribution in [3.8, 4) is 0 Å².